The third-order valence-corrected chi connectivity index (χ3v) is 5.16. The molecule has 2 aromatic heterocycles. The number of H-pyrrole nitrogens is 2. The molecule has 3 aromatic rings. The van der Waals surface area contributed by atoms with Gasteiger partial charge in [-0.1, -0.05) is 0 Å². The Balaban J connectivity index is 1.57. The van der Waals surface area contributed by atoms with E-state index < -0.39 is 5.82 Å². The van der Waals surface area contributed by atoms with Crippen molar-refractivity contribution in [3.8, 4) is 5.75 Å². The molecule has 2 atom stereocenters. The lowest BCUT2D eigenvalue weighted by atomic mass is 10.1. The van der Waals surface area contributed by atoms with Gasteiger partial charge in [0.25, 0.3) is 0 Å². The van der Waals surface area contributed by atoms with E-state index in [1.807, 2.05) is 0 Å². The van der Waals surface area contributed by atoms with Crippen molar-refractivity contribution in [1.82, 2.24) is 25.4 Å². The van der Waals surface area contributed by atoms with Crippen LogP contribution in [0.25, 0.3) is 10.9 Å². The number of nitrogens with zero attached hydrogens (tertiary/aromatic N) is 4. The molecule has 4 rings (SSSR count). The van der Waals surface area contributed by atoms with Crippen molar-refractivity contribution < 1.29 is 9.13 Å². The first kappa shape index (κ1) is 21.6. The lowest BCUT2D eigenvalue weighted by Crippen LogP contribution is -2.55. The number of benzene rings is 1. The first-order valence-electron chi connectivity index (χ1n) is 10.4. The normalized spacial score (nSPS) is 19.9. The summed E-state index contributed by atoms with van der Waals surface area (Å²) in [6, 6.07) is 7.42. The molecule has 0 radical (unpaired) electrons. The molecular formula is C22H27FN8O. The van der Waals surface area contributed by atoms with Crippen molar-refractivity contribution in [2.24, 2.45) is 9.98 Å². The molecule has 0 saturated carbocycles. The number of rotatable bonds is 7. The standard InChI is InChI=1S/C22H27FN8O/c1-14-11-31(12-15(2)28-14)21(10-20(24-3)29-19-7-9-27-30-19)26-13-32-18-5-4-17-16(22(18)23)6-8-25-17/h4-10,14-15,25,28H,3,11-13H2,1-2H3,(H2,27,29,30)/b20-10+,26-21+. The molecule has 32 heavy (non-hydrogen) atoms. The molecule has 0 spiro atoms. The zero-order chi connectivity index (χ0) is 22.5. The van der Waals surface area contributed by atoms with Crippen molar-refractivity contribution >= 4 is 29.3 Å². The van der Waals surface area contributed by atoms with Crippen molar-refractivity contribution in [1.29, 1.82) is 0 Å². The molecule has 1 aromatic carbocycles. The minimum absolute atomic E-state index is 0.0418. The van der Waals surface area contributed by atoms with E-state index in [2.05, 4.69) is 61.3 Å². The van der Waals surface area contributed by atoms with Crippen LogP contribution in [0.2, 0.25) is 0 Å². The average molecular weight is 439 g/mol. The van der Waals surface area contributed by atoms with E-state index in [1.165, 1.54) is 0 Å². The summed E-state index contributed by atoms with van der Waals surface area (Å²) in [5.74, 6) is 1.61. The molecule has 1 aliphatic rings. The number of aromatic nitrogens is 3. The third kappa shape index (κ3) is 4.97. The van der Waals surface area contributed by atoms with Gasteiger partial charge in [-0.15, -0.1) is 0 Å². The fourth-order valence-corrected chi connectivity index (χ4v) is 3.81. The van der Waals surface area contributed by atoms with Gasteiger partial charge in [-0.2, -0.15) is 5.10 Å². The van der Waals surface area contributed by atoms with Gasteiger partial charge in [0.2, 0.25) is 0 Å². The van der Waals surface area contributed by atoms with Gasteiger partial charge in [0.15, 0.2) is 18.3 Å². The predicted octanol–water partition coefficient (Wildman–Crippen LogP) is 3.10. The predicted molar refractivity (Wildman–Crippen MR) is 125 cm³/mol. The number of amidine groups is 1. The van der Waals surface area contributed by atoms with Crippen LogP contribution in [-0.2, 0) is 0 Å². The van der Waals surface area contributed by atoms with Gasteiger partial charge in [0.05, 0.1) is 6.20 Å². The number of ether oxygens (including phenoxy) is 1. The van der Waals surface area contributed by atoms with Gasteiger partial charge in [-0.3, -0.25) is 5.10 Å². The Bertz CT molecular complexity index is 1110. The maximum Gasteiger partial charge on any atom is 0.181 e. The number of aliphatic imine (C=N–C) groups is 2. The quantitative estimate of drug-likeness (QED) is 0.335. The second-order valence-electron chi connectivity index (χ2n) is 7.76. The largest absolute Gasteiger partial charge is 0.468 e. The van der Waals surface area contributed by atoms with Gasteiger partial charge < -0.3 is 25.3 Å². The van der Waals surface area contributed by atoms with Crippen molar-refractivity contribution in [2.75, 3.05) is 25.1 Å². The zero-order valence-corrected chi connectivity index (χ0v) is 18.1. The van der Waals surface area contributed by atoms with E-state index in [1.54, 1.807) is 42.7 Å². The molecule has 0 aliphatic carbocycles. The van der Waals surface area contributed by atoms with E-state index in [-0.39, 0.29) is 24.6 Å². The number of fused-ring (bicyclic) bond motifs is 1. The van der Waals surface area contributed by atoms with Crippen LogP contribution in [0.3, 0.4) is 0 Å². The molecule has 1 saturated heterocycles. The zero-order valence-electron chi connectivity index (χ0n) is 18.1. The van der Waals surface area contributed by atoms with Crippen LogP contribution in [0.5, 0.6) is 5.75 Å². The number of nitrogens with one attached hydrogen (secondary N) is 4. The van der Waals surface area contributed by atoms with Crippen molar-refractivity contribution in [2.45, 2.75) is 25.9 Å². The fourth-order valence-electron chi connectivity index (χ4n) is 3.81. The van der Waals surface area contributed by atoms with Crippen LogP contribution in [0, 0.1) is 5.82 Å². The smallest absolute Gasteiger partial charge is 0.181 e. The molecular weight excluding hydrogens is 411 g/mol. The summed E-state index contributed by atoms with van der Waals surface area (Å²) >= 11 is 0. The Labute approximate surface area is 185 Å². The summed E-state index contributed by atoms with van der Waals surface area (Å²) in [5.41, 5.74) is 0.720. The summed E-state index contributed by atoms with van der Waals surface area (Å²) in [6.45, 7) is 9.37. The van der Waals surface area contributed by atoms with Gasteiger partial charge >= 0.3 is 0 Å². The van der Waals surface area contributed by atoms with E-state index in [9.17, 15) is 4.39 Å². The third-order valence-electron chi connectivity index (χ3n) is 5.16. The maximum atomic E-state index is 14.7. The molecule has 1 fully saturated rings. The minimum Gasteiger partial charge on any atom is -0.468 e. The topological polar surface area (TPSA) is 106 Å². The van der Waals surface area contributed by atoms with Crippen molar-refractivity contribution in [3.63, 3.8) is 0 Å². The number of hydrogen-bond donors (Lipinski definition) is 4. The van der Waals surface area contributed by atoms with E-state index in [0.29, 0.717) is 22.9 Å². The Hall–Kier alpha value is -3.66. The van der Waals surface area contributed by atoms with E-state index >= 15 is 0 Å². The summed E-state index contributed by atoms with van der Waals surface area (Å²) in [6.07, 6.45) is 5.14. The summed E-state index contributed by atoms with van der Waals surface area (Å²) in [5, 5.41) is 13.9. The van der Waals surface area contributed by atoms with Crippen LogP contribution in [0.1, 0.15) is 13.8 Å². The lowest BCUT2D eigenvalue weighted by Gasteiger charge is -2.37. The summed E-state index contributed by atoms with van der Waals surface area (Å²) in [4.78, 5) is 13.8. The molecule has 3 heterocycles. The Morgan fingerprint density at radius 1 is 1.31 bits per heavy atom. The fraction of sp³-hybridized carbons (Fsp3) is 0.318. The van der Waals surface area contributed by atoms with Crippen LogP contribution in [0.4, 0.5) is 10.2 Å². The SMILES string of the molecule is C=N/C(=C\C(=N/COc1ccc2[nH]ccc2c1F)N1CC(C)NC(C)C1)Nc1ccn[nH]1. The van der Waals surface area contributed by atoms with Gasteiger partial charge in [-0.05, 0) is 38.8 Å². The summed E-state index contributed by atoms with van der Waals surface area (Å²) in [7, 11) is 0. The van der Waals surface area contributed by atoms with Crippen LogP contribution in [-0.4, -0.2) is 64.5 Å². The monoisotopic (exact) mass is 438 g/mol. The highest BCUT2D eigenvalue weighted by atomic mass is 19.1. The highest BCUT2D eigenvalue weighted by Gasteiger charge is 2.23. The Kier molecular flexibility index (Phi) is 6.50. The minimum atomic E-state index is -0.408. The molecule has 4 N–H and O–H groups in total. The van der Waals surface area contributed by atoms with Crippen molar-refractivity contribution in [3.05, 3.63) is 54.4 Å². The number of aromatic amines is 2. The molecule has 1 aliphatic heterocycles. The number of piperazine rings is 1. The molecule has 10 heteroatoms. The highest BCUT2D eigenvalue weighted by Crippen LogP contribution is 2.25. The second-order valence-corrected chi connectivity index (χ2v) is 7.76. The first-order valence-corrected chi connectivity index (χ1v) is 10.4. The Morgan fingerprint density at radius 3 is 2.84 bits per heavy atom. The Morgan fingerprint density at radius 2 is 2.12 bits per heavy atom. The number of halogens is 1. The van der Waals surface area contributed by atoms with Gasteiger partial charge in [0, 0.05) is 54.4 Å². The first-order chi connectivity index (χ1) is 15.5. The van der Waals surface area contributed by atoms with Crippen LogP contribution in [0.15, 0.2) is 58.5 Å². The second kappa shape index (κ2) is 9.65. The van der Waals surface area contributed by atoms with Gasteiger partial charge in [0.1, 0.15) is 17.5 Å². The molecule has 0 bridgehead atoms. The van der Waals surface area contributed by atoms with E-state index in [4.69, 9.17) is 4.74 Å². The maximum absolute atomic E-state index is 14.7. The molecule has 9 nitrogen and oxygen atoms in total. The summed E-state index contributed by atoms with van der Waals surface area (Å²) < 4.78 is 20.4. The van der Waals surface area contributed by atoms with Crippen LogP contribution >= 0.6 is 0 Å². The lowest BCUT2D eigenvalue weighted by molar-refractivity contribution is 0.251. The van der Waals surface area contributed by atoms with E-state index in [0.717, 1.165) is 18.6 Å². The van der Waals surface area contributed by atoms with Crippen LogP contribution < -0.4 is 15.4 Å². The highest BCUT2D eigenvalue weighted by molar-refractivity contribution is 5.94. The molecule has 2 unspecified atom stereocenters. The number of hydrogen-bond acceptors (Lipinski definition) is 6. The molecule has 168 valence electrons. The number of anilines is 1. The molecule has 0 amide bonds. The average Bonchev–Trinajstić information content (AvgIpc) is 3.45. The van der Waals surface area contributed by atoms with Gasteiger partial charge in [-0.25, -0.2) is 14.4 Å².